The maximum atomic E-state index is 13.4. The van der Waals surface area contributed by atoms with Gasteiger partial charge in [0.2, 0.25) is 5.91 Å². The van der Waals surface area contributed by atoms with Gasteiger partial charge in [-0.3, -0.25) is 14.7 Å². The van der Waals surface area contributed by atoms with Gasteiger partial charge < -0.3 is 10.6 Å². The van der Waals surface area contributed by atoms with Crippen molar-refractivity contribution < 1.29 is 9.59 Å². The Kier molecular flexibility index (Phi) is 6.31. The fourth-order valence-electron chi connectivity index (χ4n) is 5.01. The van der Waals surface area contributed by atoms with Crippen molar-refractivity contribution >= 4 is 23.0 Å². The molecule has 4 aromatic rings. The maximum Gasteiger partial charge on any atom is 0.255 e. The van der Waals surface area contributed by atoms with E-state index in [0.717, 1.165) is 54.6 Å². The Morgan fingerprint density at radius 1 is 1.06 bits per heavy atom. The summed E-state index contributed by atoms with van der Waals surface area (Å²) in [5.41, 5.74) is 5.73. The van der Waals surface area contributed by atoms with Gasteiger partial charge in [-0.05, 0) is 62.4 Å². The normalized spacial score (nSPS) is 15.1. The van der Waals surface area contributed by atoms with E-state index in [0.29, 0.717) is 16.8 Å². The second-order valence-corrected chi connectivity index (χ2v) is 9.18. The molecule has 9 heteroatoms. The number of aromatic amines is 1. The van der Waals surface area contributed by atoms with E-state index in [1.165, 1.54) is 10.8 Å². The van der Waals surface area contributed by atoms with Gasteiger partial charge in [-0.1, -0.05) is 31.4 Å². The van der Waals surface area contributed by atoms with Crippen LogP contribution >= 0.6 is 0 Å². The Morgan fingerprint density at radius 2 is 1.83 bits per heavy atom. The van der Waals surface area contributed by atoms with E-state index in [2.05, 4.69) is 31.0 Å². The summed E-state index contributed by atoms with van der Waals surface area (Å²) in [5.74, 6) is -0.439. The lowest BCUT2D eigenvalue weighted by Gasteiger charge is -2.30. The third-order valence-corrected chi connectivity index (χ3v) is 6.81. The quantitative estimate of drug-likeness (QED) is 0.392. The molecule has 1 aliphatic rings. The van der Waals surface area contributed by atoms with E-state index in [1.807, 2.05) is 38.1 Å². The SMILES string of the molecule is Cc1n[nH]c(C)c1-c1ccc(NC(=O)[C@@H](NC(=O)c2cnn3ncccc23)C2CCCCC2)cc1. The summed E-state index contributed by atoms with van der Waals surface area (Å²) in [7, 11) is 0. The van der Waals surface area contributed by atoms with Gasteiger partial charge in [-0.15, -0.1) is 0 Å². The summed E-state index contributed by atoms with van der Waals surface area (Å²) < 4.78 is 1.41. The van der Waals surface area contributed by atoms with Crippen molar-refractivity contribution in [2.75, 3.05) is 5.32 Å². The van der Waals surface area contributed by atoms with Crippen molar-refractivity contribution in [3.8, 4) is 11.1 Å². The predicted molar refractivity (Wildman–Crippen MR) is 133 cm³/mol. The van der Waals surface area contributed by atoms with E-state index < -0.39 is 6.04 Å². The largest absolute Gasteiger partial charge is 0.340 e. The lowest BCUT2D eigenvalue weighted by molar-refractivity contribution is -0.119. The van der Waals surface area contributed by atoms with E-state index in [-0.39, 0.29) is 17.7 Å². The molecule has 2 amide bonds. The Balaban J connectivity index is 1.35. The zero-order valence-corrected chi connectivity index (χ0v) is 19.9. The summed E-state index contributed by atoms with van der Waals surface area (Å²) in [4.78, 5) is 26.6. The average Bonchev–Trinajstić information content (AvgIpc) is 3.46. The van der Waals surface area contributed by atoms with Crippen LogP contribution in [0.5, 0.6) is 0 Å². The first-order valence-corrected chi connectivity index (χ1v) is 12.0. The van der Waals surface area contributed by atoms with Gasteiger partial charge in [0, 0.05) is 23.1 Å². The van der Waals surface area contributed by atoms with Crippen molar-refractivity contribution in [2.45, 2.75) is 52.0 Å². The molecular weight excluding hydrogens is 442 g/mol. The molecule has 0 bridgehead atoms. The van der Waals surface area contributed by atoms with Gasteiger partial charge in [0.05, 0.1) is 17.5 Å². The van der Waals surface area contributed by atoms with E-state index in [9.17, 15) is 9.59 Å². The molecule has 1 atom stereocenters. The first-order chi connectivity index (χ1) is 17.0. The molecule has 5 rings (SSSR count). The number of aromatic nitrogens is 5. The van der Waals surface area contributed by atoms with Crippen LogP contribution in [0, 0.1) is 19.8 Å². The second kappa shape index (κ2) is 9.69. The Hall–Kier alpha value is -4.01. The number of nitrogens with zero attached hydrogens (tertiary/aromatic N) is 4. The number of nitrogens with one attached hydrogen (secondary N) is 3. The molecule has 0 saturated heterocycles. The molecule has 0 unspecified atom stereocenters. The summed E-state index contributed by atoms with van der Waals surface area (Å²) in [6.45, 7) is 3.95. The van der Waals surface area contributed by atoms with Gasteiger partial charge in [0.1, 0.15) is 11.6 Å². The van der Waals surface area contributed by atoms with Crippen LogP contribution < -0.4 is 10.6 Å². The van der Waals surface area contributed by atoms with Crippen LogP contribution in [0.1, 0.15) is 53.8 Å². The van der Waals surface area contributed by atoms with Crippen LogP contribution in [0.4, 0.5) is 5.69 Å². The monoisotopic (exact) mass is 471 g/mol. The van der Waals surface area contributed by atoms with Gasteiger partial charge >= 0.3 is 0 Å². The molecule has 3 heterocycles. The number of hydrogen-bond donors (Lipinski definition) is 3. The molecule has 180 valence electrons. The topological polar surface area (TPSA) is 117 Å². The van der Waals surface area contributed by atoms with Gasteiger partial charge in [-0.25, -0.2) is 0 Å². The fraction of sp³-hybridized carbons (Fsp3) is 0.346. The number of hydrogen-bond acceptors (Lipinski definition) is 5. The van der Waals surface area contributed by atoms with Crippen LogP contribution in [0.15, 0.2) is 48.8 Å². The zero-order chi connectivity index (χ0) is 24.4. The number of fused-ring (bicyclic) bond motifs is 1. The molecule has 1 saturated carbocycles. The summed E-state index contributed by atoms with van der Waals surface area (Å²) in [5, 5.41) is 21.6. The predicted octanol–water partition coefficient (Wildman–Crippen LogP) is 4.05. The number of aryl methyl sites for hydroxylation is 2. The molecule has 1 aromatic carbocycles. The molecule has 35 heavy (non-hydrogen) atoms. The number of carbonyl (C=O) groups excluding carboxylic acids is 2. The highest BCUT2D eigenvalue weighted by atomic mass is 16.2. The number of anilines is 1. The first kappa shape index (κ1) is 22.8. The summed E-state index contributed by atoms with van der Waals surface area (Å²) in [6, 6.07) is 10.6. The number of rotatable bonds is 6. The average molecular weight is 472 g/mol. The third kappa shape index (κ3) is 4.66. The van der Waals surface area contributed by atoms with E-state index >= 15 is 0 Å². The third-order valence-electron chi connectivity index (χ3n) is 6.81. The molecule has 3 N–H and O–H groups in total. The number of amides is 2. The standard InChI is InChI=1S/C26H29N7O2/c1-16-23(17(2)32-31-16)18-10-12-20(13-11-18)29-26(35)24(19-7-4-3-5-8-19)30-25(34)21-15-28-33-22(21)9-6-14-27-33/h6,9-15,19,24H,3-5,7-8H2,1-2H3,(H,29,35)(H,30,34)(H,31,32)/t24-/m0/s1. The molecule has 0 aliphatic heterocycles. The van der Waals surface area contributed by atoms with Crippen molar-refractivity contribution in [1.29, 1.82) is 0 Å². The maximum absolute atomic E-state index is 13.4. The van der Waals surface area contributed by atoms with E-state index in [4.69, 9.17) is 0 Å². The lowest BCUT2D eigenvalue weighted by atomic mass is 9.83. The van der Waals surface area contributed by atoms with E-state index in [1.54, 1.807) is 18.3 Å². The smallest absolute Gasteiger partial charge is 0.255 e. The molecule has 3 aromatic heterocycles. The first-order valence-electron chi connectivity index (χ1n) is 12.0. The highest BCUT2D eigenvalue weighted by molar-refractivity contribution is 6.04. The van der Waals surface area contributed by atoms with Gasteiger partial charge in [0.15, 0.2) is 0 Å². The molecular formula is C26H29N7O2. The second-order valence-electron chi connectivity index (χ2n) is 9.18. The van der Waals surface area contributed by atoms with Crippen LogP contribution in [0.25, 0.3) is 16.6 Å². The molecule has 0 spiro atoms. The van der Waals surface area contributed by atoms with Crippen molar-refractivity contribution in [3.63, 3.8) is 0 Å². The molecule has 0 radical (unpaired) electrons. The molecule has 9 nitrogen and oxygen atoms in total. The van der Waals surface area contributed by atoms with Crippen LogP contribution in [-0.4, -0.2) is 42.9 Å². The van der Waals surface area contributed by atoms with Crippen molar-refractivity contribution in [1.82, 2.24) is 30.3 Å². The van der Waals surface area contributed by atoms with Crippen LogP contribution in [0.3, 0.4) is 0 Å². The zero-order valence-electron chi connectivity index (χ0n) is 19.9. The molecule has 1 fully saturated rings. The number of carbonyl (C=O) groups is 2. The Morgan fingerprint density at radius 3 is 2.54 bits per heavy atom. The summed E-state index contributed by atoms with van der Waals surface area (Å²) >= 11 is 0. The van der Waals surface area contributed by atoms with Gasteiger partial charge in [-0.2, -0.15) is 19.9 Å². The minimum atomic E-state index is -0.632. The fourth-order valence-corrected chi connectivity index (χ4v) is 5.01. The molecule has 1 aliphatic carbocycles. The van der Waals surface area contributed by atoms with Crippen LogP contribution in [-0.2, 0) is 4.79 Å². The van der Waals surface area contributed by atoms with Gasteiger partial charge in [0.25, 0.3) is 5.91 Å². The number of benzene rings is 1. The van der Waals surface area contributed by atoms with Crippen LogP contribution in [0.2, 0.25) is 0 Å². The number of H-pyrrole nitrogens is 1. The highest BCUT2D eigenvalue weighted by Gasteiger charge is 2.32. The highest BCUT2D eigenvalue weighted by Crippen LogP contribution is 2.29. The minimum absolute atomic E-state index is 0.0863. The Bertz CT molecular complexity index is 1330. The Labute approximate surface area is 203 Å². The summed E-state index contributed by atoms with van der Waals surface area (Å²) in [6.07, 6.45) is 8.20. The minimum Gasteiger partial charge on any atom is -0.340 e. The van der Waals surface area contributed by atoms with Crippen molar-refractivity contribution in [3.05, 3.63) is 65.7 Å². The lowest BCUT2D eigenvalue weighted by Crippen LogP contribution is -2.49. The van der Waals surface area contributed by atoms with Crippen molar-refractivity contribution in [2.24, 2.45) is 5.92 Å².